The average molecular weight is 266 g/mol. The van der Waals surface area contributed by atoms with E-state index in [0.29, 0.717) is 18.2 Å². The minimum atomic E-state index is -0.181. The normalized spacial score (nSPS) is 23.0. The number of anilines is 1. The standard InChI is InChI=1S/C13H22N4O2/c1-3-4-9-11(14)12(16-15-9)13(19)17-6-5-8(2)10(17)7-18/h8,10,18H,3-7,14H2,1-2H3,(H,15,16). The van der Waals surface area contributed by atoms with E-state index < -0.39 is 0 Å². The van der Waals surface area contributed by atoms with E-state index in [1.54, 1.807) is 4.90 Å². The molecule has 1 aromatic rings. The number of nitrogens with two attached hydrogens (primary N) is 1. The van der Waals surface area contributed by atoms with Crippen molar-refractivity contribution >= 4 is 11.6 Å². The Labute approximate surface area is 113 Å². The predicted molar refractivity (Wildman–Crippen MR) is 72.7 cm³/mol. The monoisotopic (exact) mass is 266 g/mol. The molecule has 1 saturated heterocycles. The van der Waals surface area contributed by atoms with Crippen LogP contribution in [0.2, 0.25) is 0 Å². The number of aryl methyl sites for hydroxylation is 1. The second kappa shape index (κ2) is 5.61. The van der Waals surface area contributed by atoms with Crippen LogP contribution in [0.5, 0.6) is 0 Å². The minimum absolute atomic E-state index is 0.0148. The van der Waals surface area contributed by atoms with Gasteiger partial charge in [-0.05, 0) is 18.8 Å². The SMILES string of the molecule is CCCc1[nH]nc(C(=O)N2CCC(C)C2CO)c1N. The number of aromatic amines is 1. The van der Waals surface area contributed by atoms with E-state index in [4.69, 9.17) is 5.73 Å². The Balaban J connectivity index is 2.20. The Hall–Kier alpha value is -1.56. The van der Waals surface area contributed by atoms with Gasteiger partial charge in [0.25, 0.3) is 5.91 Å². The molecule has 1 amide bonds. The molecule has 106 valence electrons. The number of aliphatic hydroxyl groups is 1. The average Bonchev–Trinajstić information content (AvgIpc) is 2.94. The Morgan fingerprint density at radius 1 is 1.63 bits per heavy atom. The highest BCUT2D eigenvalue weighted by molar-refractivity contribution is 5.98. The molecule has 1 aliphatic heterocycles. The van der Waals surface area contributed by atoms with Crippen LogP contribution < -0.4 is 5.73 Å². The molecule has 0 bridgehead atoms. The molecule has 6 heteroatoms. The summed E-state index contributed by atoms with van der Waals surface area (Å²) in [5, 5.41) is 16.3. The van der Waals surface area contributed by atoms with Crippen molar-refractivity contribution in [3.63, 3.8) is 0 Å². The number of carbonyl (C=O) groups is 1. The van der Waals surface area contributed by atoms with Crippen LogP contribution in [0.3, 0.4) is 0 Å². The number of rotatable bonds is 4. The van der Waals surface area contributed by atoms with Crippen LogP contribution in [-0.2, 0) is 6.42 Å². The van der Waals surface area contributed by atoms with Crippen LogP contribution >= 0.6 is 0 Å². The minimum Gasteiger partial charge on any atom is -0.395 e. The fourth-order valence-electron chi connectivity index (χ4n) is 2.67. The number of amides is 1. The van der Waals surface area contributed by atoms with Gasteiger partial charge in [-0.25, -0.2) is 0 Å². The number of nitrogens with zero attached hydrogens (tertiary/aromatic N) is 2. The second-order valence-corrected chi connectivity index (χ2v) is 5.23. The van der Waals surface area contributed by atoms with Gasteiger partial charge in [0, 0.05) is 6.54 Å². The van der Waals surface area contributed by atoms with Crippen LogP contribution in [0.4, 0.5) is 5.69 Å². The van der Waals surface area contributed by atoms with Crippen LogP contribution in [0, 0.1) is 5.92 Å². The number of hydrogen-bond donors (Lipinski definition) is 3. The van der Waals surface area contributed by atoms with Gasteiger partial charge in [0.2, 0.25) is 0 Å². The van der Waals surface area contributed by atoms with Crippen molar-refractivity contribution in [1.82, 2.24) is 15.1 Å². The quantitative estimate of drug-likeness (QED) is 0.750. The largest absolute Gasteiger partial charge is 0.395 e. The van der Waals surface area contributed by atoms with Gasteiger partial charge >= 0.3 is 0 Å². The molecule has 1 fully saturated rings. The molecule has 19 heavy (non-hydrogen) atoms. The van der Waals surface area contributed by atoms with Gasteiger partial charge in [-0.3, -0.25) is 9.89 Å². The third kappa shape index (κ3) is 2.45. The zero-order valence-electron chi connectivity index (χ0n) is 11.5. The zero-order valence-corrected chi connectivity index (χ0v) is 11.5. The van der Waals surface area contributed by atoms with Gasteiger partial charge < -0.3 is 15.7 Å². The summed E-state index contributed by atoms with van der Waals surface area (Å²) in [6.07, 6.45) is 2.63. The predicted octanol–water partition coefficient (Wildman–Crippen LogP) is 0.787. The Morgan fingerprint density at radius 3 is 3.00 bits per heavy atom. The Kier molecular flexibility index (Phi) is 4.09. The molecule has 0 spiro atoms. The molecule has 2 unspecified atom stereocenters. The van der Waals surface area contributed by atoms with Gasteiger partial charge in [-0.15, -0.1) is 0 Å². The van der Waals surface area contributed by atoms with E-state index in [-0.39, 0.29) is 24.2 Å². The molecular weight excluding hydrogens is 244 g/mol. The number of nitrogen functional groups attached to an aromatic ring is 1. The molecule has 0 saturated carbocycles. The van der Waals surface area contributed by atoms with Crippen molar-refractivity contribution in [1.29, 1.82) is 0 Å². The van der Waals surface area contributed by atoms with Gasteiger partial charge in [-0.1, -0.05) is 20.3 Å². The smallest absolute Gasteiger partial charge is 0.276 e. The van der Waals surface area contributed by atoms with Crippen molar-refractivity contribution in [2.45, 2.75) is 39.2 Å². The van der Waals surface area contributed by atoms with E-state index in [9.17, 15) is 9.90 Å². The number of carbonyl (C=O) groups excluding carboxylic acids is 1. The van der Waals surface area contributed by atoms with E-state index >= 15 is 0 Å². The molecule has 1 aromatic heterocycles. The van der Waals surface area contributed by atoms with E-state index in [1.165, 1.54) is 0 Å². The highest BCUT2D eigenvalue weighted by Crippen LogP contribution is 2.27. The molecule has 2 heterocycles. The van der Waals surface area contributed by atoms with E-state index in [2.05, 4.69) is 10.2 Å². The lowest BCUT2D eigenvalue weighted by molar-refractivity contribution is 0.0643. The third-order valence-electron chi connectivity index (χ3n) is 3.92. The van der Waals surface area contributed by atoms with Crippen LogP contribution in [0.15, 0.2) is 0 Å². The third-order valence-corrected chi connectivity index (χ3v) is 3.92. The number of nitrogens with one attached hydrogen (secondary N) is 1. The summed E-state index contributed by atoms with van der Waals surface area (Å²) in [6.45, 7) is 4.73. The number of H-pyrrole nitrogens is 1. The number of likely N-dealkylation sites (tertiary alicyclic amines) is 1. The first-order chi connectivity index (χ1) is 9.10. The van der Waals surface area contributed by atoms with Crippen molar-refractivity contribution in [3.05, 3.63) is 11.4 Å². The molecule has 6 nitrogen and oxygen atoms in total. The van der Waals surface area contributed by atoms with E-state index in [1.807, 2.05) is 13.8 Å². The summed E-state index contributed by atoms with van der Waals surface area (Å²) in [5.41, 5.74) is 7.53. The van der Waals surface area contributed by atoms with Crippen molar-refractivity contribution in [3.8, 4) is 0 Å². The summed E-state index contributed by atoms with van der Waals surface area (Å²) in [6, 6.07) is -0.127. The topological polar surface area (TPSA) is 95.2 Å². The first kappa shape index (κ1) is 13.9. The van der Waals surface area contributed by atoms with Crippen LogP contribution in [0.1, 0.15) is 42.9 Å². The lowest BCUT2D eigenvalue weighted by Gasteiger charge is -2.24. The summed E-state index contributed by atoms with van der Waals surface area (Å²) in [4.78, 5) is 14.1. The fraction of sp³-hybridized carbons (Fsp3) is 0.692. The van der Waals surface area contributed by atoms with Crippen molar-refractivity contribution in [2.75, 3.05) is 18.9 Å². The van der Waals surface area contributed by atoms with Gasteiger partial charge in [0.1, 0.15) is 0 Å². The van der Waals surface area contributed by atoms with Gasteiger partial charge in [0.15, 0.2) is 5.69 Å². The highest BCUT2D eigenvalue weighted by Gasteiger charge is 2.36. The Bertz CT molecular complexity index is 457. The number of aliphatic hydroxyl groups excluding tert-OH is 1. The number of aromatic nitrogens is 2. The maximum Gasteiger partial charge on any atom is 0.276 e. The molecule has 1 aliphatic rings. The second-order valence-electron chi connectivity index (χ2n) is 5.23. The maximum absolute atomic E-state index is 12.5. The first-order valence-corrected chi connectivity index (χ1v) is 6.84. The Morgan fingerprint density at radius 2 is 2.37 bits per heavy atom. The molecule has 2 atom stereocenters. The van der Waals surface area contributed by atoms with E-state index in [0.717, 1.165) is 25.0 Å². The molecule has 0 aromatic carbocycles. The molecular formula is C13H22N4O2. The molecule has 4 N–H and O–H groups in total. The highest BCUT2D eigenvalue weighted by atomic mass is 16.3. The van der Waals surface area contributed by atoms with Crippen molar-refractivity contribution in [2.24, 2.45) is 5.92 Å². The van der Waals surface area contributed by atoms with Crippen LogP contribution in [0.25, 0.3) is 0 Å². The lowest BCUT2D eigenvalue weighted by Crippen LogP contribution is -2.40. The summed E-state index contributed by atoms with van der Waals surface area (Å²) < 4.78 is 0. The lowest BCUT2D eigenvalue weighted by atomic mass is 10.0. The molecule has 0 radical (unpaired) electrons. The van der Waals surface area contributed by atoms with Crippen LogP contribution in [-0.4, -0.2) is 45.3 Å². The van der Waals surface area contributed by atoms with Gasteiger partial charge in [-0.2, -0.15) is 5.10 Å². The molecule has 2 rings (SSSR count). The fourth-order valence-corrected chi connectivity index (χ4v) is 2.67. The summed E-state index contributed by atoms with van der Waals surface area (Å²) in [5.74, 6) is 0.128. The summed E-state index contributed by atoms with van der Waals surface area (Å²) >= 11 is 0. The maximum atomic E-state index is 12.5. The summed E-state index contributed by atoms with van der Waals surface area (Å²) in [7, 11) is 0. The molecule has 0 aliphatic carbocycles. The van der Waals surface area contributed by atoms with Gasteiger partial charge in [0.05, 0.1) is 24.0 Å². The zero-order chi connectivity index (χ0) is 14.0. The van der Waals surface area contributed by atoms with Crippen molar-refractivity contribution < 1.29 is 9.90 Å². The first-order valence-electron chi connectivity index (χ1n) is 6.84. The number of hydrogen-bond acceptors (Lipinski definition) is 4.